The number of hydrogen-bond donors (Lipinski definition) is 0. The van der Waals surface area contributed by atoms with Gasteiger partial charge in [-0.05, 0) is 85.1 Å². The monoisotopic (exact) mass is 582 g/mol. The Labute approximate surface area is 199 Å². The molecule has 0 radical (unpaired) electrons. The van der Waals surface area contributed by atoms with Gasteiger partial charge >= 0.3 is 0 Å². The van der Waals surface area contributed by atoms with Crippen molar-refractivity contribution in [2.24, 2.45) is 0 Å². The van der Waals surface area contributed by atoms with Gasteiger partial charge in [0.2, 0.25) is 0 Å². The van der Waals surface area contributed by atoms with E-state index in [1.807, 2.05) is 19.6 Å². The molecule has 0 bridgehead atoms. The van der Waals surface area contributed by atoms with Crippen LogP contribution in [-0.4, -0.2) is 81.6 Å². The average molecular weight is 583 g/mol. The third kappa shape index (κ3) is 19.1. The van der Waals surface area contributed by atoms with E-state index in [0.717, 1.165) is 0 Å². The Kier molecular flexibility index (Phi) is 15.6. The molecule has 0 aromatic carbocycles. The SMILES string of the molecule is C[SiH](O[SiH](C)O[SiH](C)O[SiH](C)O[Si](C)(C)C)O[SiH](C)O[SiH](C)O[SiH](C)O[Si](C)(C)C. The molecule has 6 atom stereocenters. The summed E-state index contributed by atoms with van der Waals surface area (Å²) >= 11 is 0. The summed E-state index contributed by atoms with van der Waals surface area (Å²) in [7, 11) is -15.2. The second kappa shape index (κ2) is 14.8. The minimum Gasteiger partial charge on any atom is -0.439 e. The van der Waals surface area contributed by atoms with E-state index in [0.29, 0.717) is 0 Å². The predicted molar refractivity (Wildman–Crippen MR) is 146 cm³/mol. The molecule has 0 fully saturated rings. The molecule has 0 saturated carbocycles. The first-order valence-corrected chi connectivity index (χ1v) is 32.2. The Bertz CT molecular complexity index is 427. The standard InChI is InChI=1S/C13H46O8Si9/c1-22(14-23(2)16-25(4)18-27(6)20-29(8,9)10)15-24(3)17-26(5)19-28(7)21-30(11,12)13/h22-28H,1-13H3. The van der Waals surface area contributed by atoms with Crippen molar-refractivity contribution < 1.29 is 32.9 Å². The van der Waals surface area contributed by atoms with Gasteiger partial charge in [0, 0.05) is 0 Å². The third-order valence-electron chi connectivity index (χ3n) is 3.34. The van der Waals surface area contributed by atoms with Crippen LogP contribution in [0.2, 0.25) is 85.1 Å². The van der Waals surface area contributed by atoms with E-state index < -0.39 is 81.6 Å². The third-order valence-corrected chi connectivity index (χ3v) is 30.0. The molecular weight excluding hydrogens is 537 g/mol. The fourth-order valence-corrected chi connectivity index (χ4v) is 29.4. The minimum atomic E-state index is -1.80. The van der Waals surface area contributed by atoms with Crippen LogP contribution >= 0.6 is 0 Å². The van der Waals surface area contributed by atoms with Gasteiger partial charge in [-0.1, -0.05) is 0 Å². The van der Waals surface area contributed by atoms with E-state index in [4.69, 9.17) is 32.9 Å². The van der Waals surface area contributed by atoms with Crippen molar-refractivity contribution in [2.45, 2.75) is 85.1 Å². The first-order chi connectivity index (χ1) is 13.5. The normalized spacial score (nSPS) is 20.3. The van der Waals surface area contributed by atoms with Crippen LogP contribution in [0, 0.1) is 0 Å². The Balaban J connectivity index is 4.21. The van der Waals surface area contributed by atoms with Crippen molar-refractivity contribution in [2.75, 3.05) is 0 Å². The summed E-state index contributed by atoms with van der Waals surface area (Å²) in [6.45, 7) is 27.5. The van der Waals surface area contributed by atoms with Crippen molar-refractivity contribution >= 4 is 81.6 Å². The van der Waals surface area contributed by atoms with Crippen molar-refractivity contribution in [3.8, 4) is 0 Å². The van der Waals surface area contributed by atoms with Crippen LogP contribution in [0.25, 0.3) is 0 Å². The van der Waals surface area contributed by atoms with Crippen LogP contribution in [0.4, 0.5) is 0 Å². The van der Waals surface area contributed by atoms with Gasteiger partial charge in [0.05, 0.1) is 0 Å². The van der Waals surface area contributed by atoms with Crippen LogP contribution in [0.15, 0.2) is 0 Å². The zero-order valence-corrected chi connectivity index (χ0v) is 31.4. The second-order valence-corrected chi connectivity index (χ2v) is 34.1. The summed E-state index contributed by atoms with van der Waals surface area (Å²) in [5, 5.41) is 0. The van der Waals surface area contributed by atoms with E-state index in [1.165, 1.54) is 0 Å². The molecule has 0 aliphatic carbocycles. The molecule has 8 nitrogen and oxygen atoms in total. The maximum Gasteiger partial charge on any atom is 0.300 e. The van der Waals surface area contributed by atoms with Gasteiger partial charge < -0.3 is 32.9 Å². The lowest BCUT2D eigenvalue weighted by Gasteiger charge is -2.28. The van der Waals surface area contributed by atoms with Gasteiger partial charge in [-0.25, -0.2) is 0 Å². The molecule has 0 spiro atoms. The van der Waals surface area contributed by atoms with E-state index in [-0.39, 0.29) is 0 Å². The molecule has 6 unspecified atom stereocenters. The molecule has 0 aliphatic rings. The summed E-state index contributed by atoms with van der Waals surface area (Å²) in [5.41, 5.74) is 0. The van der Waals surface area contributed by atoms with Crippen LogP contribution in [0.1, 0.15) is 0 Å². The maximum absolute atomic E-state index is 6.09. The predicted octanol–water partition coefficient (Wildman–Crippen LogP) is 1.74. The van der Waals surface area contributed by atoms with E-state index >= 15 is 0 Å². The Morgan fingerprint density at radius 2 is 0.500 bits per heavy atom. The zero-order chi connectivity index (χ0) is 23.7. The molecule has 17 heteroatoms. The van der Waals surface area contributed by atoms with E-state index in [1.54, 1.807) is 0 Å². The molecule has 30 heavy (non-hydrogen) atoms. The molecule has 0 heterocycles. The largest absolute Gasteiger partial charge is 0.439 e. The van der Waals surface area contributed by atoms with Gasteiger partial charge in [0.15, 0.2) is 16.6 Å². The van der Waals surface area contributed by atoms with Crippen LogP contribution in [0.5, 0.6) is 0 Å². The highest BCUT2D eigenvalue weighted by Gasteiger charge is 2.26. The summed E-state index contributed by atoms with van der Waals surface area (Å²) in [6.07, 6.45) is 0. The summed E-state index contributed by atoms with van der Waals surface area (Å²) in [6, 6.07) is 0. The van der Waals surface area contributed by atoms with Gasteiger partial charge in [0.1, 0.15) is 0 Å². The molecule has 0 saturated heterocycles. The quantitative estimate of drug-likeness (QED) is 0.255. The van der Waals surface area contributed by atoms with Crippen LogP contribution < -0.4 is 0 Å². The molecule has 0 N–H and O–H groups in total. The van der Waals surface area contributed by atoms with Crippen molar-refractivity contribution in [3.63, 3.8) is 0 Å². The Hall–Kier alpha value is 1.63. The number of rotatable bonds is 16. The van der Waals surface area contributed by atoms with Gasteiger partial charge in [-0.15, -0.1) is 0 Å². The highest BCUT2D eigenvalue weighted by molar-refractivity contribution is 6.78. The van der Waals surface area contributed by atoms with Crippen molar-refractivity contribution in [1.82, 2.24) is 0 Å². The first kappa shape index (κ1) is 31.6. The van der Waals surface area contributed by atoms with Gasteiger partial charge in [0.25, 0.3) is 65.0 Å². The van der Waals surface area contributed by atoms with Crippen molar-refractivity contribution in [1.29, 1.82) is 0 Å². The van der Waals surface area contributed by atoms with Gasteiger partial charge in [-0.2, -0.15) is 0 Å². The Morgan fingerprint density at radius 3 is 0.667 bits per heavy atom. The van der Waals surface area contributed by atoms with Crippen LogP contribution in [-0.2, 0) is 32.9 Å². The second-order valence-electron chi connectivity index (χ2n) is 9.25. The number of hydrogen-bond acceptors (Lipinski definition) is 8. The summed E-state index contributed by atoms with van der Waals surface area (Å²) in [4.78, 5) is 0. The lowest BCUT2D eigenvalue weighted by Crippen LogP contribution is -2.43. The molecule has 0 rings (SSSR count). The minimum absolute atomic E-state index is 1.56. The lowest BCUT2D eigenvalue weighted by atomic mass is 11.8. The van der Waals surface area contributed by atoms with Crippen molar-refractivity contribution in [3.05, 3.63) is 0 Å². The zero-order valence-electron chi connectivity index (χ0n) is 21.3. The molecule has 182 valence electrons. The van der Waals surface area contributed by atoms with E-state index in [2.05, 4.69) is 65.5 Å². The summed E-state index contributed by atoms with van der Waals surface area (Å²) < 4.78 is 48.6. The fourth-order valence-electron chi connectivity index (χ4n) is 2.83. The van der Waals surface area contributed by atoms with E-state index in [9.17, 15) is 0 Å². The van der Waals surface area contributed by atoms with Crippen LogP contribution in [0.3, 0.4) is 0 Å². The highest BCUT2D eigenvalue weighted by atomic mass is 28.5. The lowest BCUT2D eigenvalue weighted by molar-refractivity contribution is 0.315. The molecule has 0 aromatic heterocycles. The maximum atomic E-state index is 6.09. The molecular formula is C13H46O8Si9. The molecule has 0 aliphatic heterocycles. The highest BCUT2D eigenvalue weighted by Crippen LogP contribution is 2.10. The van der Waals surface area contributed by atoms with Gasteiger partial charge in [-0.3, -0.25) is 0 Å². The summed E-state index contributed by atoms with van der Waals surface area (Å²) in [5.74, 6) is 0. The Morgan fingerprint density at radius 1 is 0.333 bits per heavy atom. The smallest absolute Gasteiger partial charge is 0.300 e. The topological polar surface area (TPSA) is 73.8 Å². The fraction of sp³-hybridized carbons (Fsp3) is 1.00. The average Bonchev–Trinajstić information content (AvgIpc) is 2.40. The molecule has 0 amide bonds. The molecule has 0 aromatic rings. The first-order valence-electron chi connectivity index (χ1n) is 10.7.